The largest absolute Gasteiger partial charge is 0.266 e. The van der Waals surface area contributed by atoms with Crippen LogP contribution in [0.1, 0.15) is 13.8 Å². The number of allylic oxidation sites excluding steroid dienone is 2. The number of nitrogens with zero attached hydrogens (tertiary/aromatic N) is 4. The Morgan fingerprint density at radius 3 is 2.27 bits per heavy atom. The third-order valence-electron chi connectivity index (χ3n) is 1.24. The fourth-order valence-electron chi connectivity index (χ4n) is 0.764. The summed E-state index contributed by atoms with van der Waals surface area (Å²) in [6.07, 6.45) is 6.83. The van der Waals surface area contributed by atoms with Crippen molar-refractivity contribution in [2.45, 2.75) is 13.8 Å². The molecular formula is C10H16N4S. The van der Waals surface area contributed by atoms with E-state index in [2.05, 4.69) is 34.4 Å². The van der Waals surface area contributed by atoms with Crippen LogP contribution in [0.5, 0.6) is 0 Å². The van der Waals surface area contributed by atoms with Crippen molar-refractivity contribution in [3.63, 3.8) is 0 Å². The van der Waals surface area contributed by atoms with Crippen LogP contribution in [0.15, 0.2) is 40.6 Å². The molecule has 0 bridgehead atoms. The smallest absolute Gasteiger partial charge is 0.0692 e. The summed E-state index contributed by atoms with van der Waals surface area (Å²) in [5.74, 6) is 0. The van der Waals surface area contributed by atoms with Crippen molar-refractivity contribution in [3.8, 4) is 0 Å². The van der Waals surface area contributed by atoms with Gasteiger partial charge in [-0.3, -0.25) is 4.99 Å². The Bertz CT molecular complexity index is 338. The number of aromatic nitrogens is 3. The molecule has 0 radical (unpaired) electrons. The van der Waals surface area contributed by atoms with Crippen LogP contribution in [-0.2, 0) is 7.05 Å². The van der Waals surface area contributed by atoms with Gasteiger partial charge >= 0.3 is 0 Å². The molecule has 0 aliphatic heterocycles. The molecule has 0 amide bonds. The number of thiol groups is 1. The molecule has 82 valence electrons. The van der Waals surface area contributed by atoms with Crippen LogP contribution in [0.4, 0.5) is 0 Å². The summed E-state index contributed by atoms with van der Waals surface area (Å²) in [5, 5.41) is 7.44. The monoisotopic (exact) mass is 224 g/mol. The first-order valence-electron chi connectivity index (χ1n) is 4.41. The SMILES string of the molecule is C=C(S)/C=C(/C)N=CC.Cn1nccn1. The van der Waals surface area contributed by atoms with Crippen molar-refractivity contribution in [1.82, 2.24) is 15.0 Å². The molecule has 4 nitrogen and oxygen atoms in total. The third kappa shape index (κ3) is 8.96. The van der Waals surface area contributed by atoms with Crippen molar-refractivity contribution in [2.24, 2.45) is 12.0 Å². The Kier molecular flexibility index (Phi) is 7.27. The lowest BCUT2D eigenvalue weighted by Crippen LogP contribution is -1.89. The second-order valence-corrected chi connectivity index (χ2v) is 3.26. The molecule has 0 fully saturated rings. The van der Waals surface area contributed by atoms with Crippen LogP contribution in [-0.4, -0.2) is 21.2 Å². The standard InChI is InChI=1S/C7H11NS.C3H5N3/c1-4-8-6(2)5-7(3)9;1-6-4-2-3-5-6/h4-5,9H,3H2,1-2H3;2-3H,1H3/b6-5-,8-4?;. The Hall–Kier alpha value is -1.36. The second-order valence-electron chi connectivity index (χ2n) is 2.68. The van der Waals surface area contributed by atoms with Crippen LogP contribution in [0.25, 0.3) is 0 Å². The molecule has 0 saturated heterocycles. The number of hydrogen-bond donors (Lipinski definition) is 1. The minimum absolute atomic E-state index is 0.734. The van der Waals surface area contributed by atoms with Crippen molar-refractivity contribution in [2.75, 3.05) is 0 Å². The van der Waals surface area contributed by atoms with Crippen LogP contribution in [0.3, 0.4) is 0 Å². The van der Waals surface area contributed by atoms with Gasteiger partial charge in [0.1, 0.15) is 0 Å². The molecule has 0 N–H and O–H groups in total. The zero-order valence-electron chi connectivity index (χ0n) is 9.25. The van der Waals surface area contributed by atoms with Crippen LogP contribution < -0.4 is 0 Å². The summed E-state index contributed by atoms with van der Waals surface area (Å²) >= 11 is 3.99. The highest BCUT2D eigenvalue weighted by Crippen LogP contribution is 2.03. The van der Waals surface area contributed by atoms with Crippen LogP contribution in [0, 0.1) is 0 Å². The van der Waals surface area contributed by atoms with Crippen molar-refractivity contribution < 1.29 is 0 Å². The summed E-state index contributed by atoms with van der Waals surface area (Å²) in [6, 6.07) is 0. The highest BCUT2D eigenvalue weighted by atomic mass is 32.1. The first kappa shape index (κ1) is 13.6. The maximum atomic E-state index is 3.99. The van der Waals surface area contributed by atoms with E-state index in [0.29, 0.717) is 0 Å². The summed E-state index contributed by atoms with van der Waals surface area (Å²) < 4.78 is 0. The molecule has 5 heteroatoms. The molecule has 1 aromatic rings. The van der Waals surface area contributed by atoms with Gasteiger partial charge in [0, 0.05) is 19.0 Å². The van der Waals surface area contributed by atoms with Crippen molar-refractivity contribution in [1.29, 1.82) is 0 Å². The van der Waals surface area contributed by atoms with Gasteiger partial charge in [-0.05, 0) is 24.8 Å². The van der Waals surface area contributed by atoms with Gasteiger partial charge in [-0.1, -0.05) is 6.58 Å². The molecule has 0 saturated carbocycles. The lowest BCUT2D eigenvalue weighted by molar-refractivity contribution is 0.654. The average Bonchev–Trinajstić information content (AvgIpc) is 2.56. The number of aliphatic imine (C=N–C) groups is 1. The van der Waals surface area contributed by atoms with Gasteiger partial charge in [0.25, 0.3) is 0 Å². The predicted octanol–water partition coefficient (Wildman–Crippen LogP) is 2.24. The van der Waals surface area contributed by atoms with Crippen LogP contribution in [0.2, 0.25) is 0 Å². The van der Waals surface area contributed by atoms with Gasteiger partial charge in [0.05, 0.1) is 12.4 Å². The summed E-state index contributed by atoms with van der Waals surface area (Å²) in [5.41, 5.74) is 0.928. The molecule has 0 aromatic carbocycles. The van der Waals surface area contributed by atoms with E-state index in [1.54, 1.807) is 25.7 Å². The fraction of sp³-hybridized carbons (Fsp3) is 0.300. The summed E-state index contributed by atoms with van der Waals surface area (Å²) in [4.78, 5) is 6.23. The maximum Gasteiger partial charge on any atom is 0.0692 e. The van der Waals surface area contributed by atoms with E-state index in [-0.39, 0.29) is 0 Å². The van der Waals surface area contributed by atoms with Crippen molar-refractivity contribution >= 4 is 18.8 Å². The highest BCUT2D eigenvalue weighted by molar-refractivity contribution is 7.84. The Labute approximate surface area is 95.8 Å². The van der Waals surface area contributed by atoms with Gasteiger partial charge in [-0.15, -0.1) is 12.6 Å². The molecule has 1 heterocycles. The summed E-state index contributed by atoms with van der Waals surface area (Å²) in [6.45, 7) is 7.37. The number of rotatable bonds is 2. The van der Waals surface area contributed by atoms with E-state index in [1.165, 1.54) is 4.80 Å². The molecule has 0 aliphatic rings. The van der Waals surface area contributed by atoms with E-state index in [0.717, 1.165) is 10.6 Å². The zero-order chi connectivity index (χ0) is 11.7. The average molecular weight is 224 g/mol. The fourth-order valence-corrected chi connectivity index (χ4v) is 0.951. The van der Waals surface area contributed by atoms with E-state index in [4.69, 9.17) is 0 Å². The zero-order valence-corrected chi connectivity index (χ0v) is 10.1. The Balaban J connectivity index is 0.000000280. The Morgan fingerprint density at radius 2 is 2.00 bits per heavy atom. The number of hydrogen-bond acceptors (Lipinski definition) is 4. The maximum absolute atomic E-state index is 3.99. The lowest BCUT2D eigenvalue weighted by atomic mass is 10.4. The Morgan fingerprint density at radius 1 is 1.47 bits per heavy atom. The minimum atomic E-state index is 0.734. The molecule has 0 aliphatic carbocycles. The van der Waals surface area contributed by atoms with Crippen molar-refractivity contribution in [3.05, 3.63) is 35.7 Å². The van der Waals surface area contributed by atoms with Gasteiger partial charge in [0.15, 0.2) is 0 Å². The topological polar surface area (TPSA) is 43.1 Å². The number of aryl methyl sites for hydroxylation is 1. The van der Waals surface area contributed by atoms with Gasteiger partial charge in [-0.2, -0.15) is 15.0 Å². The first-order chi connectivity index (χ1) is 7.06. The normalized spacial score (nSPS) is 11.1. The molecular weight excluding hydrogens is 208 g/mol. The molecule has 0 atom stereocenters. The molecule has 1 aromatic heterocycles. The molecule has 15 heavy (non-hydrogen) atoms. The quantitative estimate of drug-likeness (QED) is 0.475. The van der Waals surface area contributed by atoms with Gasteiger partial charge in [-0.25, -0.2) is 0 Å². The first-order valence-corrected chi connectivity index (χ1v) is 4.86. The minimum Gasteiger partial charge on any atom is -0.266 e. The lowest BCUT2D eigenvalue weighted by Gasteiger charge is -1.88. The summed E-state index contributed by atoms with van der Waals surface area (Å²) in [7, 11) is 1.78. The predicted molar refractivity (Wildman–Crippen MR) is 67.1 cm³/mol. The van der Waals surface area contributed by atoms with Gasteiger partial charge < -0.3 is 0 Å². The molecule has 1 rings (SSSR count). The van der Waals surface area contributed by atoms with E-state index >= 15 is 0 Å². The van der Waals surface area contributed by atoms with Crippen LogP contribution >= 0.6 is 12.6 Å². The van der Waals surface area contributed by atoms with E-state index in [1.807, 2.05) is 19.9 Å². The second kappa shape index (κ2) is 7.99. The highest BCUT2D eigenvalue weighted by Gasteiger charge is 1.80. The third-order valence-corrected chi connectivity index (χ3v) is 1.37. The molecule has 0 spiro atoms. The molecule has 0 unspecified atom stereocenters. The van der Waals surface area contributed by atoms with Gasteiger partial charge in [0.2, 0.25) is 0 Å². The van der Waals surface area contributed by atoms with E-state index in [9.17, 15) is 0 Å². The van der Waals surface area contributed by atoms with E-state index < -0.39 is 0 Å².